The lowest BCUT2D eigenvalue weighted by atomic mass is 9.99. The Bertz CT molecular complexity index is 621. The lowest BCUT2D eigenvalue weighted by Crippen LogP contribution is -2.30. The summed E-state index contributed by atoms with van der Waals surface area (Å²) < 4.78 is 26.8. The molecule has 5 N–H and O–H groups in total. The molecule has 2 aromatic rings. The average Bonchev–Trinajstić information content (AvgIpc) is 2.45. The van der Waals surface area contributed by atoms with Gasteiger partial charge < -0.3 is 5.73 Å². The van der Waals surface area contributed by atoms with E-state index in [0.29, 0.717) is 17.7 Å². The average molecular weight is 343 g/mol. The lowest BCUT2D eigenvalue weighted by Gasteiger charge is -2.19. The molecule has 20 heavy (non-hydrogen) atoms. The van der Waals surface area contributed by atoms with Crippen LogP contribution < -0.4 is 17.0 Å². The molecule has 1 aromatic carbocycles. The van der Waals surface area contributed by atoms with Gasteiger partial charge in [0.2, 0.25) is 0 Å². The molecule has 0 spiro atoms. The van der Waals surface area contributed by atoms with Gasteiger partial charge >= 0.3 is 0 Å². The van der Waals surface area contributed by atoms with E-state index in [0.717, 1.165) is 11.6 Å². The van der Waals surface area contributed by atoms with Gasteiger partial charge in [0.25, 0.3) is 0 Å². The van der Waals surface area contributed by atoms with Gasteiger partial charge in [-0.1, -0.05) is 6.07 Å². The highest BCUT2D eigenvalue weighted by atomic mass is 79.9. The van der Waals surface area contributed by atoms with Crippen LogP contribution in [0.4, 0.5) is 14.5 Å². The number of hydrogen-bond acceptors (Lipinski definition) is 4. The van der Waals surface area contributed by atoms with E-state index in [4.69, 9.17) is 11.6 Å². The summed E-state index contributed by atoms with van der Waals surface area (Å²) in [4.78, 5) is 3.99. The largest absolute Gasteiger partial charge is 0.398 e. The number of rotatable bonds is 4. The van der Waals surface area contributed by atoms with Crippen LogP contribution in [0.15, 0.2) is 35.1 Å². The maximum atomic E-state index is 13.6. The van der Waals surface area contributed by atoms with Crippen molar-refractivity contribution in [3.05, 3.63) is 57.8 Å². The van der Waals surface area contributed by atoms with E-state index in [1.807, 2.05) is 0 Å². The van der Waals surface area contributed by atoms with Crippen LogP contribution >= 0.6 is 15.9 Å². The maximum Gasteiger partial charge on any atom is 0.173 e. The second kappa shape index (κ2) is 6.25. The van der Waals surface area contributed by atoms with Crippen molar-refractivity contribution in [3.63, 3.8) is 0 Å². The van der Waals surface area contributed by atoms with Crippen LogP contribution in [0.25, 0.3) is 0 Å². The van der Waals surface area contributed by atoms with Crippen molar-refractivity contribution in [2.75, 3.05) is 5.73 Å². The van der Waals surface area contributed by atoms with Crippen LogP contribution in [0, 0.1) is 11.6 Å². The molecule has 2 rings (SSSR count). The van der Waals surface area contributed by atoms with Crippen LogP contribution in [-0.4, -0.2) is 4.98 Å². The van der Waals surface area contributed by atoms with Crippen LogP contribution in [0.3, 0.4) is 0 Å². The predicted octanol–water partition coefficient (Wildman–Crippen LogP) is 2.45. The first-order chi connectivity index (χ1) is 9.54. The second-order valence-electron chi connectivity index (χ2n) is 4.26. The van der Waals surface area contributed by atoms with Crippen molar-refractivity contribution in [1.82, 2.24) is 10.4 Å². The third-order valence-electron chi connectivity index (χ3n) is 3.01. The fourth-order valence-electron chi connectivity index (χ4n) is 1.90. The third kappa shape index (κ3) is 2.95. The summed E-state index contributed by atoms with van der Waals surface area (Å²) in [6.07, 6.45) is 3.60. The summed E-state index contributed by atoms with van der Waals surface area (Å²) in [5.74, 6) is 3.65. The van der Waals surface area contributed by atoms with Crippen LogP contribution in [0.2, 0.25) is 0 Å². The van der Waals surface area contributed by atoms with Gasteiger partial charge in [-0.3, -0.25) is 16.3 Å². The summed E-state index contributed by atoms with van der Waals surface area (Å²) in [7, 11) is 0. The molecule has 0 fully saturated rings. The minimum Gasteiger partial charge on any atom is -0.398 e. The first kappa shape index (κ1) is 14.8. The first-order valence-electron chi connectivity index (χ1n) is 5.82. The van der Waals surface area contributed by atoms with Crippen molar-refractivity contribution in [1.29, 1.82) is 0 Å². The number of nitrogens with two attached hydrogens (primary N) is 2. The number of hydrazine groups is 1. The summed E-state index contributed by atoms with van der Waals surface area (Å²) >= 11 is 3.05. The highest BCUT2D eigenvalue weighted by Crippen LogP contribution is 2.30. The Kier molecular flexibility index (Phi) is 4.64. The van der Waals surface area contributed by atoms with Crippen LogP contribution in [0.1, 0.15) is 17.2 Å². The van der Waals surface area contributed by atoms with Gasteiger partial charge in [-0.05, 0) is 45.6 Å². The molecule has 0 bridgehead atoms. The fraction of sp³-hybridized carbons (Fsp3) is 0.154. The highest BCUT2D eigenvalue weighted by Gasteiger charge is 2.19. The number of anilines is 1. The fourth-order valence-corrected chi connectivity index (χ4v) is 2.49. The Labute approximate surface area is 123 Å². The molecule has 0 saturated carbocycles. The van der Waals surface area contributed by atoms with E-state index in [1.165, 1.54) is 6.07 Å². The molecule has 0 aliphatic rings. The molecule has 0 aliphatic heterocycles. The summed E-state index contributed by atoms with van der Waals surface area (Å²) in [5.41, 5.74) is 10.3. The van der Waals surface area contributed by atoms with Crippen LogP contribution in [-0.2, 0) is 6.42 Å². The van der Waals surface area contributed by atoms with Crippen molar-refractivity contribution >= 4 is 21.6 Å². The molecular formula is C13H13BrF2N4. The van der Waals surface area contributed by atoms with Gasteiger partial charge in [0.1, 0.15) is 0 Å². The van der Waals surface area contributed by atoms with E-state index in [-0.39, 0.29) is 4.47 Å². The number of hydrogen-bond donors (Lipinski definition) is 3. The quantitative estimate of drug-likeness (QED) is 0.453. The summed E-state index contributed by atoms with van der Waals surface area (Å²) in [5, 5.41) is 0. The zero-order chi connectivity index (χ0) is 14.7. The molecule has 4 nitrogen and oxygen atoms in total. The standard InChI is InChI=1S/C13H13BrF2N4/c14-12-8(1-2-9(15)13(12)16)11(20-18)5-7-6-19-4-3-10(7)17/h1-4,6,11,20H,5,18H2,(H2,17,19). The SMILES string of the molecule is NNC(Cc1cnccc1N)c1ccc(F)c(F)c1Br. The van der Waals surface area contributed by atoms with Gasteiger partial charge in [0.15, 0.2) is 11.6 Å². The molecule has 106 valence electrons. The summed E-state index contributed by atoms with van der Waals surface area (Å²) in [6.45, 7) is 0. The minimum absolute atomic E-state index is 0.0444. The number of pyridine rings is 1. The zero-order valence-corrected chi connectivity index (χ0v) is 12.0. The number of aromatic nitrogens is 1. The molecular weight excluding hydrogens is 330 g/mol. The van der Waals surface area contributed by atoms with Crippen molar-refractivity contribution < 1.29 is 8.78 Å². The van der Waals surface area contributed by atoms with Crippen LogP contribution in [0.5, 0.6) is 0 Å². The second-order valence-corrected chi connectivity index (χ2v) is 5.06. The van der Waals surface area contributed by atoms with Gasteiger partial charge in [-0.2, -0.15) is 0 Å². The lowest BCUT2D eigenvalue weighted by molar-refractivity contribution is 0.491. The van der Waals surface area contributed by atoms with E-state index >= 15 is 0 Å². The Morgan fingerprint density at radius 2 is 2.05 bits per heavy atom. The number of halogens is 3. The molecule has 1 aromatic heterocycles. The molecule has 1 heterocycles. The number of nitrogens with one attached hydrogen (secondary N) is 1. The molecule has 0 radical (unpaired) electrons. The van der Waals surface area contributed by atoms with Crippen molar-refractivity contribution in [2.24, 2.45) is 5.84 Å². The predicted molar refractivity (Wildman–Crippen MR) is 76.5 cm³/mol. The normalized spacial score (nSPS) is 12.4. The highest BCUT2D eigenvalue weighted by molar-refractivity contribution is 9.10. The minimum atomic E-state index is -0.943. The van der Waals surface area contributed by atoms with Crippen molar-refractivity contribution in [2.45, 2.75) is 12.5 Å². The Hall–Kier alpha value is -1.57. The molecule has 0 saturated heterocycles. The van der Waals surface area contributed by atoms with E-state index in [1.54, 1.807) is 18.5 Å². The number of nitrogens with zero attached hydrogens (tertiary/aromatic N) is 1. The zero-order valence-electron chi connectivity index (χ0n) is 10.4. The molecule has 1 unspecified atom stereocenters. The molecule has 0 aliphatic carbocycles. The molecule has 7 heteroatoms. The maximum absolute atomic E-state index is 13.6. The van der Waals surface area contributed by atoms with E-state index < -0.39 is 17.7 Å². The third-order valence-corrected chi connectivity index (χ3v) is 3.81. The molecule has 1 atom stereocenters. The van der Waals surface area contributed by atoms with Crippen molar-refractivity contribution in [3.8, 4) is 0 Å². The monoisotopic (exact) mass is 342 g/mol. The number of benzene rings is 1. The van der Waals surface area contributed by atoms with Gasteiger partial charge in [0.05, 0.1) is 10.5 Å². The van der Waals surface area contributed by atoms with E-state index in [2.05, 4.69) is 26.3 Å². The Morgan fingerprint density at radius 1 is 1.30 bits per heavy atom. The van der Waals surface area contributed by atoms with Gasteiger partial charge in [-0.15, -0.1) is 0 Å². The Morgan fingerprint density at radius 3 is 2.70 bits per heavy atom. The van der Waals surface area contributed by atoms with Gasteiger partial charge in [0, 0.05) is 18.1 Å². The first-order valence-corrected chi connectivity index (χ1v) is 6.61. The van der Waals surface area contributed by atoms with Gasteiger partial charge in [-0.25, -0.2) is 8.78 Å². The Balaban J connectivity index is 2.34. The number of nitrogen functional groups attached to an aromatic ring is 1. The summed E-state index contributed by atoms with van der Waals surface area (Å²) in [6, 6.07) is 3.78. The smallest absolute Gasteiger partial charge is 0.173 e. The topological polar surface area (TPSA) is 77.0 Å². The van der Waals surface area contributed by atoms with E-state index in [9.17, 15) is 8.78 Å². The molecule has 0 amide bonds.